The van der Waals surface area contributed by atoms with E-state index >= 15 is 0 Å². The molecule has 4 rings (SSSR count). The summed E-state index contributed by atoms with van der Waals surface area (Å²) in [6.07, 6.45) is 5.36. The first kappa shape index (κ1) is 19.2. The highest BCUT2D eigenvalue weighted by atomic mass is 35.5. The summed E-state index contributed by atoms with van der Waals surface area (Å²) in [5.41, 5.74) is 1.82. The van der Waals surface area contributed by atoms with Gasteiger partial charge in [-0.1, -0.05) is 11.6 Å². The molecule has 1 aromatic carbocycles. The molecule has 2 unspecified atom stereocenters. The number of benzene rings is 1. The molecule has 3 aromatic rings. The fourth-order valence-corrected chi connectivity index (χ4v) is 3.31. The predicted octanol–water partition coefficient (Wildman–Crippen LogP) is 3.75. The third-order valence-corrected chi connectivity index (χ3v) is 5.33. The SMILES string of the molecule is CC(Nc1nccc(N2CC(C)N(C)C2=O)n1)c1cn(-c2ccc(Cl)cc2)cn1. The molecule has 2 atom stereocenters. The van der Waals surface area contributed by atoms with E-state index in [1.807, 2.05) is 48.9 Å². The lowest BCUT2D eigenvalue weighted by Gasteiger charge is -2.17. The van der Waals surface area contributed by atoms with Crippen molar-refractivity contribution in [3.63, 3.8) is 0 Å². The Morgan fingerprint density at radius 1 is 1.21 bits per heavy atom. The minimum Gasteiger partial charge on any atom is -0.346 e. The summed E-state index contributed by atoms with van der Waals surface area (Å²) in [7, 11) is 1.80. The van der Waals surface area contributed by atoms with E-state index in [0.29, 0.717) is 23.3 Å². The molecular formula is C20H22ClN7O. The normalized spacial score (nSPS) is 17.7. The molecule has 8 nitrogen and oxygen atoms in total. The van der Waals surface area contributed by atoms with E-state index < -0.39 is 0 Å². The number of amides is 2. The van der Waals surface area contributed by atoms with Crippen LogP contribution in [-0.2, 0) is 0 Å². The molecule has 1 fully saturated rings. The van der Waals surface area contributed by atoms with Gasteiger partial charge >= 0.3 is 6.03 Å². The second kappa shape index (κ2) is 7.71. The van der Waals surface area contributed by atoms with Crippen molar-refractivity contribution in [1.82, 2.24) is 24.4 Å². The molecule has 9 heteroatoms. The van der Waals surface area contributed by atoms with E-state index in [4.69, 9.17) is 11.6 Å². The van der Waals surface area contributed by atoms with Crippen LogP contribution in [0.2, 0.25) is 5.02 Å². The summed E-state index contributed by atoms with van der Waals surface area (Å²) < 4.78 is 1.93. The van der Waals surface area contributed by atoms with Crippen LogP contribution in [0, 0.1) is 0 Å². The molecule has 0 radical (unpaired) electrons. The van der Waals surface area contributed by atoms with Gasteiger partial charge in [0, 0.05) is 42.7 Å². The zero-order valence-electron chi connectivity index (χ0n) is 16.5. The van der Waals surface area contributed by atoms with Gasteiger partial charge in [0.2, 0.25) is 5.95 Å². The van der Waals surface area contributed by atoms with E-state index in [1.54, 1.807) is 35.4 Å². The Hall–Kier alpha value is -3.13. The smallest absolute Gasteiger partial charge is 0.325 e. The number of hydrogen-bond donors (Lipinski definition) is 1. The average Bonchev–Trinajstić information content (AvgIpc) is 3.30. The number of likely N-dealkylation sites (N-methyl/N-ethyl adjacent to an activating group) is 1. The molecule has 1 aliphatic heterocycles. The number of aromatic nitrogens is 4. The zero-order chi connectivity index (χ0) is 20.5. The second-order valence-corrected chi connectivity index (χ2v) is 7.58. The van der Waals surface area contributed by atoms with Gasteiger partial charge in [-0.3, -0.25) is 4.90 Å². The van der Waals surface area contributed by atoms with Gasteiger partial charge < -0.3 is 14.8 Å². The largest absolute Gasteiger partial charge is 0.346 e. The average molecular weight is 412 g/mol. The fraction of sp³-hybridized carbons (Fsp3) is 0.300. The van der Waals surface area contributed by atoms with Crippen LogP contribution in [0.1, 0.15) is 25.6 Å². The number of halogens is 1. The number of imidazole rings is 1. The Kier molecular flexibility index (Phi) is 5.10. The van der Waals surface area contributed by atoms with Crippen molar-refractivity contribution < 1.29 is 4.79 Å². The summed E-state index contributed by atoms with van der Waals surface area (Å²) >= 11 is 5.95. The molecule has 2 aromatic heterocycles. The van der Waals surface area contributed by atoms with Gasteiger partial charge in [0.15, 0.2) is 0 Å². The van der Waals surface area contributed by atoms with Gasteiger partial charge in [0.25, 0.3) is 0 Å². The van der Waals surface area contributed by atoms with Crippen molar-refractivity contribution in [1.29, 1.82) is 0 Å². The zero-order valence-corrected chi connectivity index (χ0v) is 17.2. The van der Waals surface area contributed by atoms with Crippen molar-refractivity contribution in [3.05, 3.63) is 59.8 Å². The minimum absolute atomic E-state index is 0.0584. The first-order valence-corrected chi connectivity index (χ1v) is 9.74. The minimum atomic E-state index is -0.116. The van der Waals surface area contributed by atoms with E-state index in [2.05, 4.69) is 20.3 Å². The van der Waals surface area contributed by atoms with Crippen LogP contribution < -0.4 is 10.2 Å². The Balaban J connectivity index is 1.49. The van der Waals surface area contributed by atoms with Crippen molar-refractivity contribution in [2.24, 2.45) is 0 Å². The Morgan fingerprint density at radius 2 is 1.97 bits per heavy atom. The first-order valence-electron chi connectivity index (χ1n) is 9.36. The van der Waals surface area contributed by atoms with Crippen LogP contribution in [-0.4, -0.2) is 50.1 Å². The maximum absolute atomic E-state index is 12.4. The number of urea groups is 1. The highest BCUT2D eigenvalue weighted by Crippen LogP contribution is 2.23. The third-order valence-electron chi connectivity index (χ3n) is 5.07. The Labute approximate surface area is 174 Å². The molecule has 3 heterocycles. The molecule has 29 heavy (non-hydrogen) atoms. The summed E-state index contributed by atoms with van der Waals surface area (Å²) in [5.74, 6) is 1.04. The molecular weight excluding hydrogens is 390 g/mol. The lowest BCUT2D eigenvalue weighted by atomic mass is 10.2. The lowest BCUT2D eigenvalue weighted by Crippen LogP contribution is -2.30. The van der Waals surface area contributed by atoms with Gasteiger partial charge in [-0.2, -0.15) is 4.98 Å². The van der Waals surface area contributed by atoms with Gasteiger partial charge in [0.05, 0.1) is 18.1 Å². The van der Waals surface area contributed by atoms with E-state index in [0.717, 1.165) is 11.4 Å². The molecule has 150 valence electrons. The molecule has 0 spiro atoms. The molecule has 2 amide bonds. The van der Waals surface area contributed by atoms with Crippen LogP contribution in [0.4, 0.5) is 16.6 Å². The van der Waals surface area contributed by atoms with E-state index in [1.165, 1.54) is 0 Å². The highest BCUT2D eigenvalue weighted by Gasteiger charge is 2.33. The monoisotopic (exact) mass is 411 g/mol. The summed E-state index contributed by atoms with van der Waals surface area (Å²) in [6.45, 7) is 4.60. The third kappa shape index (κ3) is 3.88. The maximum atomic E-state index is 12.4. The van der Waals surface area contributed by atoms with Crippen LogP contribution >= 0.6 is 11.6 Å². The number of rotatable bonds is 5. The first-order chi connectivity index (χ1) is 13.9. The number of nitrogens with one attached hydrogen (secondary N) is 1. The summed E-state index contributed by atoms with van der Waals surface area (Å²) in [4.78, 5) is 29.0. The summed E-state index contributed by atoms with van der Waals surface area (Å²) in [5, 5.41) is 3.96. The number of carbonyl (C=O) groups excluding carboxylic acids is 1. The van der Waals surface area contributed by atoms with Crippen LogP contribution in [0.3, 0.4) is 0 Å². The van der Waals surface area contributed by atoms with Gasteiger partial charge in [-0.05, 0) is 44.2 Å². The topological polar surface area (TPSA) is 79.2 Å². The Morgan fingerprint density at radius 3 is 2.66 bits per heavy atom. The predicted molar refractivity (Wildman–Crippen MR) is 113 cm³/mol. The molecule has 1 aliphatic rings. The van der Waals surface area contributed by atoms with Gasteiger partial charge in [-0.25, -0.2) is 14.8 Å². The quantitative estimate of drug-likeness (QED) is 0.691. The Bertz CT molecular complexity index is 1020. The molecule has 0 saturated carbocycles. The molecule has 1 saturated heterocycles. The lowest BCUT2D eigenvalue weighted by molar-refractivity contribution is 0.221. The van der Waals surface area contributed by atoms with E-state index in [-0.39, 0.29) is 18.1 Å². The van der Waals surface area contributed by atoms with Gasteiger partial charge in [-0.15, -0.1) is 0 Å². The van der Waals surface area contributed by atoms with Crippen LogP contribution in [0.5, 0.6) is 0 Å². The molecule has 0 bridgehead atoms. The number of hydrogen-bond acceptors (Lipinski definition) is 5. The van der Waals surface area contributed by atoms with E-state index in [9.17, 15) is 4.79 Å². The standard InChI is InChI=1S/C20H22ClN7O/c1-13-10-28(20(29)26(13)3)18-8-9-22-19(25-18)24-14(2)17-11-27(12-23-17)16-6-4-15(21)5-7-16/h4-9,11-14H,10H2,1-3H3,(H,22,24,25). The van der Waals surface area contributed by atoms with Crippen molar-refractivity contribution in [3.8, 4) is 5.69 Å². The van der Waals surface area contributed by atoms with Crippen molar-refractivity contribution in [2.45, 2.75) is 25.9 Å². The molecule has 1 N–H and O–H groups in total. The summed E-state index contributed by atoms with van der Waals surface area (Å²) in [6, 6.07) is 9.27. The number of carbonyl (C=O) groups is 1. The number of anilines is 2. The van der Waals surface area contributed by atoms with Crippen LogP contribution in [0.25, 0.3) is 5.69 Å². The van der Waals surface area contributed by atoms with Crippen molar-refractivity contribution >= 4 is 29.4 Å². The fourth-order valence-electron chi connectivity index (χ4n) is 3.19. The number of nitrogens with zero attached hydrogens (tertiary/aromatic N) is 6. The molecule has 0 aliphatic carbocycles. The van der Waals surface area contributed by atoms with Crippen molar-refractivity contribution in [2.75, 3.05) is 23.8 Å². The second-order valence-electron chi connectivity index (χ2n) is 7.14. The maximum Gasteiger partial charge on any atom is 0.325 e. The van der Waals surface area contributed by atoms with Crippen LogP contribution in [0.15, 0.2) is 49.1 Å². The highest BCUT2D eigenvalue weighted by molar-refractivity contribution is 6.30. The van der Waals surface area contributed by atoms with Gasteiger partial charge in [0.1, 0.15) is 5.82 Å².